The van der Waals surface area contributed by atoms with E-state index in [0.717, 1.165) is 5.56 Å². The summed E-state index contributed by atoms with van der Waals surface area (Å²) in [6.45, 7) is 5.12. The van der Waals surface area contributed by atoms with Crippen molar-refractivity contribution in [1.82, 2.24) is 10.6 Å². The molecule has 26 heavy (non-hydrogen) atoms. The fourth-order valence-corrected chi connectivity index (χ4v) is 2.86. The van der Waals surface area contributed by atoms with Crippen molar-refractivity contribution >= 4 is 5.96 Å². The van der Waals surface area contributed by atoms with Gasteiger partial charge < -0.3 is 15.7 Å². The first-order valence-corrected chi connectivity index (χ1v) is 8.83. The molecule has 4 nitrogen and oxygen atoms in total. The maximum atomic E-state index is 14.1. The predicted molar refractivity (Wildman–Crippen MR) is 105 cm³/mol. The van der Waals surface area contributed by atoms with E-state index in [9.17, 15) is 9.50 Å². The molecule has 2 aromatic carbocycles. The molecule has 0 spiro atoms. The number of rotatable bonds is 7. The summed E-state index contributed by atoms with van der Waals surface area (Å²) in [6.07, 6.45) is 0. The first-order valence-electron chi connectivity index (χ1n) is 8.83. The lowest BCUT2D eigenvalue weighted by atomic mass is 9.84. The van der Waals surface area contributed by atoms with Gasteiger partial charge in [-0.3, -0.25) is 4.99 Å². The van der Waals surface area contributed by atoms with E-state index >= 15 is 0 Å². The van der Waals surface area contributed by atoms with Crippen LogP contribution in [0.3, 0.4) is 0 Å². The van der Waals surface area contributed by atoms with Gasteiger partial charge in [0.15, 0.2) is 5.96 Å². The fraction of sp³-hybridized carbons (Fsp3) is 0.381. The van der Waals surface area contributed by atoms with Gasteiger partial charge in [0.1, 0.15) is 5.82 Å². The summed E-state index contributed by atoms with van der Waals surface area (Å²) in [5.41, 5.74) is 1.35. The van der Waals surface area contributed by atoms with Crippen LogP contribution in [0.4, 0.5) is 4.39 Å². The van der Waals surface area contributed by atoms with Gasteiger partial charge in [-0.15, -0.1) is 0 Å². The number of aliphatic hydroxyl groups excluding tert-OH is 1. The van der Waals surface area contributed by atoms with Crippen LogP contribution >= 0.6 is 0 Å². The molecule has 0 aliphatic carbocycles. The molecule has 5 heteroatoms. The van der Waals surface area contributed by atoms with Gasteiger partial charge in [0.2, 0.25) is 0 Å². The Bertz CT molecular complexity index is 716. The first kappa shape index (κ1) is 19.9. The Morgan fingerprint density at radius 3 is 2.35 bits per heavy atom. The lowest BCUT2D eigenvalue weighted by Gasteiger charge is -2.27. The normalized spacial score (nSPS) is 13.3. The van der Waals surface area contributed by atoms with Crippen LogP contribution < -0.4 is 10.6 Å². The molecule has 0 aliphatic heterocycles. The molecular formula is C21H28FN3O. The van der Waals surface area contributed by atoms with Crippen molar-refractivity contribution in [3.05, 3.63) is 71.5 Å². The minimum atomic E-state index is -0.390. The van der Waals surface area contributed by atoms with Crippen LogP contribution in [0.15, 0.2) is 59.6 Å². The zero-order valence-corrected chi connectivity index (χ0v) is 15.7. The van der Waals surface area contributed by atoms with Gasteiger partial charge in [0, 0.05) is 31.5 Å². The summed E-state index contributed by atoms with van der Waals surface area (Å²) in [5.74, 6) is 0.407. The molecule has 0 aromatic heterocycles. The van der Waals surface area contributed by atoms with Crippen molar-refractivity contribution in [2.45, 2.75) is 25.2 Å². The van der Waals surface area contributed by atoms with E-state index in [1.54, 1.807) is 13.1 Å². The summed E-state index contributed by atoms with van der Waals surface area (Å²) in [7, 11) is 1.70. The van der Waals surface area contributed by atoms with E-state index in [0.29, 0.717) is 24.6 Å². The first-order chi connectivity index (χ1) is 12.5. The second-order valence-electron chi connectivity index (χ2n) is 6.96. The number of aliphatic imine (C=N–C) groups is 1. The summed E-state index contributed by atoms with van der Waals surface area (Å²) < 4.78 is 14.1. The number of aliphatic hydroxyl groups is 1. The lowest BCUT2D eigenvalue weighted by molar-refractivity contribution is 0.265. The van der Waals surface area contributed by atoms with E-state index in [-0.39, 0.29) is 18.3 Å². The fourth-order valence-electron chi connectivity index (χ4n) is 2.86. The highest BCUT2D eigenvalue weighted by atomic mass is 19.1. The molecule has 0 radical (unpaired) electrons. The standard InChI is InChI=1S/C21H28FN3O/c1-21(2,18-11-7-8-12-19(18)22)15-25-20(23-3)24-13-17(14-26)16-9-5-4-6-10-16/h4-12,17,26H,13-15H2,1-3H3,(H2,23,24,25). The molecule has 3 N–H and O–H groups in total. The highest BCUT2D eigenvalue weighted by Crippen LogP contribution is 2.24. The molecule has 0 saturated carbocycles. The molecule has 140 valence electrons. The number of nitrogens with one attached hydrogen (secondary N) is 2. The topological polar surface area (TPSA) is 56.7 Å². The molecule has 1 unspecified atom stereocenters. The largest absolute Gasteiger partial charge is 0.396 e. The van der Waals surface area contributed by atoms with Gasteiger partial charge in [-0.1, -0.05) is 62.4 Å². The summed E-state index contributed by atoms with van der Waals surface area (Å²) in [4.78, 5) is 4.23. The Labute approximate surface area is 155 Å². The number of hydrogen-bond acceptors (Lipinski definition) is 2. The molecule has 0 aliphatic rings. The van der Waals surface area contributed by atoms with Gasteiger partial charge >= 0.3 is 0 Å². The highest BCUT2D eigenvalue weighted by Gasteiger charge is 2.24. The van der Waals surface area contributed by atoms with E-state index < -0.39 is 5.41 Å². The van der Waals surface area contributed by atoms with Crippen molar-refractivity contribution in [2.75, 3.05) is 26.7 Å². The lowest BCUT2D eigenvalue weighted by Crippen LogP contribution is -2.45. The van der Waals surface area contributed by atoms with E-state index in [4.69, 9.17) is 0 Å². The highest BCUT2D eigenvalue weighted by molar-refractivity contribution is 5.79. The number of benzene rings is 2. The molecule has 0 heterocycles. The van der Waals surface area contributed by atoms with Crippen LogP contribution in [0.25, 0.3) is 0 Å². The van der Waals surface area contributed by atoms with Crippen molar-refractivity contribution in [3.63, 3.8) is 0 Å². The molecule has 0 amide bonds. The average Bonchev–Trinajstić information content (AvgIpc) is 2.65. The van der Waals surface area contributed by atoms with Crippen molar-refractivity contribution in [3.8, 4) is 0 Å². The second kappa shape index (κ2) is 9.34. The smallest absolute Gasteiger partial charge is 0.191 e. The molecule has 2 aromatic rings. The van der Waals surface area contributed by atoms with E-state index in [2.05, 4.69) is 15.6 Å². The Morgan fingerprint density at radius 1 is 1.08 bits per heavy atom. The van der Waals surface area contributed by atoms with Gasteiger partial charge in [0.25, 0.3) is 0 Å². The zero-order chi connectivity index (χ0) is 19.0. The van der Waals surface area contributed by atoms with E-state index in [1.807, 2.05) is 56.3 Å². The molecule has 0 saturated heterocycles. The van der Waals surface area contributed by atoms with Crippen LogP contribution in [0.2, 0.25) is 0 Å². The Hall–Kier alpha value is -2.40. The van der Waals surface area contributed by atoms with Gasteiger partial charge in [-0.2, -0.15) is 0 Å². The summed E-state index contributed by atoms with van der Waals surface area (Å²) in [5, 5.41) is 16.2. The SMILES string of the molecule is CN=C(NCC(CO)c1ccccc1)NCC(C)(C)c1ccccc1F. The van der Waals surface area contributed by atoms with E-state index in [1.165, 1.54) is 6.07 Å². The van der Waals surface area contributed by atoms with Crippen LogP contribution in [0.5, 0.6) is 0 Å². The van der Waals surface area contributed by atoms with Crippen molar-refractivity contribution < 1.29 is 9.50 Å². The minimum Gasteiger partial charge on any atom is -0.396 e. The number of nitrogens with zero attached hydrogens (tertiary/aromatic N) is 1. The summed E-state index contributed by atoms with van der Waals surface area (Å²) in [6, 6.07) is 16.7. The maximum Gasteiger partial charge on any atom is 0.191 e. The Morgan fingerprint density at radius 2 is 1.73 bits per heavy atom. The van der Waals surface area contributed by atoms with Crippen LogP contribution in [0, 0.1) is 5.82 Å². The van der Waals surface area contributed by atoms with Gasteiger partial charge in [0.05, 0.1) is 6.61 Å². The quantitative estimate of drug-likeness (QED) is 0.527. The zero-order valence-electron chi connectivity index (χ0n) is 15.7. The Balaban J connectivity index is 1.94. The number of guanidine groups is 1. The van der Waals surface area contributed by atoms with Gasteiger partial charge in [-0.25, -0.2) is 4.39 Å². The Kier molecular flexibility index (Phi) is 7.16. The molecule has 0 fully saturated rings. The minimum absolute atomic E-state index is 0.0191. The monoisotopic (exact) mass is 357 g/mol. The molecule has 2 rings (SSSR count). The van der Waals surface area contributed by atoms with Crippen molar-refractivity contribution in [2.24, 2.45) is 4.99 Å². The predicted octanol–water partition coefficient (Wildman–Crippen LogP) is 3.04. The van der Waals surface area contributed by atoms with Crippen LogP contribution in [-0.4, -0.2) is 37.8 Å². The third kappa shape index (κ3) is 5.30. The number of halogens is 1. The van der Waals surface area contributed by atoms with Crippen molar-refractivity contribution in [1.29, 1.82) is 0 Å². The maximum absolute atomic E-state index is 14.1. The van der Waals surface area contributed by atoms with Crippen LogP contribution in [0.1, 0.15) is 30.9 Å². The van der Waals surface area contributed by atoms with Crippen LogP contribution in [-0.2, 0) is 5.41 Å². The molecular weight excluding hydrogens is 329 g/mol. The third-order valence-electron chi connectivity index (χ3n) is 4.53. The average molecular weight is 357 g/mol. The van der Waals surface area contributed by atoms with Gasteiger partial charge in [-0.05, 0) is 17.2 Å². The second-order valence-corrected chi connectivity index (χ2v) is 6.96. The summed E-state index contributed by atoms with van der Waals surface area (Å²) >= 11 is 0. The third-order valence-corrected chi connectivity index (χ3v) is 4.53. The number of hydrogen-bond donors (Lipinski definition) is 3. The molecule has 0 bridgehead atoms. The molecule has 1 atom stereocenters.